The average Bonchev–Trinajstić information content (AvgIpc) is 3.10. The predicted octanol–water partition coefficient (Wildman–Crippen LogP) is 3.61. The van der Waals surface area contributed by atoms with Gasteiger partial charge in [-0.05, 0) is 58.3 Å². The number of nitrogens with one attached hydrogen (secondary N) is 1. The molecule has 1 amide bonds. The highest BCUT2D eigenvalue weighted by molar-refractivity contribution is 9.10. The molecule has 2 atom stereocenters. The predicted molar refractivity (Wildman–Crippen MR) is 72.9 cm³/mol. The minimum atomic E-state index is -0.215. The summed E-state index contributed by atoms with van der Waals surface area (Å²) < 4.78 is 13.9. The summed E-state index contributed by atoms with van der Waals surface area (Å²) in [6.45, 7) is 2.70. The Labute approximate surface area is 115 Å². The Balaban J connectivity index is 1.83. The first-order chi connectivity index (χ1) is 8.61. The van der Waals surface area contributed by atoms with E-state index in [1.165, 1.54) is 0 Å². The van der Waals surface area contributed by atoms with Crippen LogP contribution in [-0.2, 0) is 4.79 Å². The van der Waals surface area contributed by atoms with Crippen molar-refractivity contribution in [3.05, 3.63) is 34.1 Å². The van der Waals surface area contributed by atoms with Gasteiger partial charge in [-0.25, -0.2) is 4.39 Å². The van der Waals surface area contributed by atoms with Crippen LogP contribution in [-0.4, -0.2) is 12.5 Å². The van der Waals surface area contributed by atoms with Crippen molar-refractivity contribution in [2.75, 3.05) is 6.54 Å². The van der Waals surface area contributed by atoms with Crippen LogP contribution < -0.4 is 5.32 Å². The molecule has 0 aromatic heterocycles. The van der Waals surface area contributed by atoms with Gasteiger partial charge in [0, 0.05) is 13.0 Å². The van der Waals surface area contributed by atoms with Crippen molar-refractivity contribution in [3.8, 4) is 0 Å². The number of hydrogen-bond acceptors (Lipinski definition) is 1. The molecule has 1 aromatic carbocycles. The van der Waals surface area contributed by atoms with E-state index in [0.29, 0.717) is 29.3 Å². The van der Waals surface area contributed by atoms with Crippen LogP contribution >= 0.6 is 15.9 Å². The molecule has 1 N–H and O–H groups in total. The van der Waals surface area contributed by atoms with E-state index < -0.39 is 0 Å². The highest BCUT2D eigenvalue weighted by Crippen LogP contribution is 2.47. The molecule has 0 saturated heterocycles. The molecule has 1 fully saturated rings. The van der Waals surface area contributed by atoms with Gasteiger partial charge in [0.25, 0.3) is 0 Å². The number of halogens is 2. The lowest BCUT2D eigenvalue weighted by molar-refractivity contribution is -0.121. The third-order valence-corrected chi connectivity index (χ3v) is 3.98. The molecule has 0 spiro atoms. The maximum atomic E-state index is 13.4. The van der Waals surface area contributed by atoms with Crippen molar-refractivity contribution in [1.82, 2.24) is 5.32 Å². The quantitative estimate of drug-likeness (QED) is 0.884. The van der Waals surface area contributed by atoms with Gasteiger partial charge >= 0.3 is 0 Å². The number of carbonyl (C=O) groups excluding carboxylic acids is 1. The normalized spacial score (nSPS) is 21.7. The number of hydrogen-bond donors (Lipinski definition) is 1. The fourth-order valence-electron chi connectivity index (χ4n) is 2.18. The maximum absolute atomic E-state index is 13.4. The molecule has 18 heavy (non-hydrogen) atoms. The summed E-state index contributed by atoms with van der Waals surface area (Å²) in [4.78, 5) is 11.3. The molecule has 0 radical (unpaired) electrons. The molecule has 2 nitrogen and oxygen atoms in total. The summed E-state index contributed by atoms with van der Waals surface area (Å²) in [5.41, 5.74) is 1.03. The average molecular weight is 314 g/mol. The Bertz CT molecular complexity index is 449. The summed E-state index contributed by atoms with van der Waals surface area (Å²) in [5, 5.41) is 2.93. The maximum Gasteiger partial charge on any atom is 0.219 e. The van der Waals surface area contributed by atoms with Gasteiger partial charge in [0.1, 0.15) is 5.82 Å². The van der Waals surface area contributed by atoms with Crippen molar-refractivity contribution in [1.29, 1.82) is 0 Å². The second-order valence-electron chi connectivity index (χ2n) is 4.83. The van der Waals surface area contributed by atoms with Gasteiger partial charge in [-0.15, -0.1) is 0 Å². The second-order valence-corrected chi connectivity index (χ2v) is 5.68. The lowest BCUT2D eigenvalue weighted by Crippen LogP contribution is -2.25. The lowest BCUT2D eigenvalue weighted by Gasteiger charge is -2.04. The van der Waals surface area contributed by atoms with E-state index in [1.54, 1.807) is 12.1 Å². The number of carbonyl (C=O) groups is 1. The van der Waals surface area contributed by atoms with E-state index in [-0.39, 0.29) is 11.7 Å². The Kier molecular flexibility index (Phi) is 4.38. The Hall–Kier alpha value is -0.900. The monoisotopic (exact) mass is 313 g/mol. The van der Waals surface area contributed by atoms with Crippen LogP contribution in [0, 0.1) is 11.7 Å². The van der Waals surface area contributed by atoms with Crippen LogP contribution in [0.4, 0.5) is 4.39 Å². The van der Waals surface area contributed by atoms with E-state index >= 15 is 0 Å². The van der Waals surface area contributed by atoms with Gasteiger partial charge in [0.2, 0.25) is 5.91 Å². The molecule has 0 unspecified atom stereocenters. The van der Waals surface area contributed by atoms with Crippen LogP contribution in [0.5, 0.6) is 0 Å². The van der Waals surface area contributed by atoms with E-state index in [0.717, 1.165) is 18.4 Å². The number of amides is 1. The fraction of sp³-hybridized carbons (Fsp3) is 0.500. The largest absolute Gasteiger partial charge is 0.356 e. The molecule has 1 aliphatic carbocycles. The van der Waals surface area contributed by atoms with E-state index in [4.69, 9.17) is 0 Å². The summed E-state index contributed by atoms with van der Waals surface area (Å²) in [5.74, 6) is 0.763. The SMILES string of the molecule is CCCC(=O)NC[C@@H]1C[C@H]1c1ccc(Br)c(F)c1. The molecule has 1 aliphatic rings. The van der Waals surface area contributed by atoms with Crippen LogP contribution in [0.2, 0.25) is 0 Å². The van der Waals surface area contributed by atoms with Crippen molar-refractivity contribution in [2.45, 2.75) is 32.1 Å². The first-order valence-corrected chi connectivity index (χ1v) is 7.12. The summed E-state index contributed by atoms with van der Waals surface area (Å²) in [6, 6.07) is 5.28. The van der Waals surface area contributed by atoms with E-state index in [2.05, 4.69) is 21.2 Å². The van der Waals surface area contributed by atoms with Gasteiger partial charge in [-0.2, -0.15) is 0 Å². The molecule has 0 aliphatic heterocycles. The van der Waals surface area contributed by atoms with Crippen molar-refractivity contribution < 1.29 is 9.18 Å². The molecule has 98 valence electrons. The summed E-state index contributed by atoms with van der Waals surface area (Å²) in [7, 11) is 0. The van der Waals surface area contributed by atoms with Crippen molar-refractivity contribution in [2.24, 2.45) is 5.92 Å². The molecular weight excluding hydrogens is 297 g/mol. The smallest absolute Gasteiger partial charge is 0.219 e. The standard InChI is InChI=1S/C14H17BrFNO/c1-2-3-14(18)17-8-10-6-11(10)9-4-5-12(15)13(16)7-9/h4-5,7,10-11H,2-3,6,8H2,1H3,(H,17,18)/t10-,11-/m0/s1. The number of rotatable bonds is 5. The molecular formula is C14H17BrFNO. The minimum Gasteiger partial charge on any atom is -0.356 e. The summed E-state index contributed by atoms with van der Waals surface area (Å²) in [6.07, 6.45) is 2.50. The first kappa shape index (κ1) is 13.5. The molecule has 2 rings (SSSR count). The van der Waals surface area contributed by atoms with Gasteiger partial charge in [0.05, 0.1) is 4.47 Å². The highest BCUT2D eigenvalue weighted by atomic mass is 79.9. The first-order valence-electron chi connectivity index (χ1n) is 6.33. The van der Waals surface area contributed by atoms with Gasteiger partial charge in [0.15, 0.2) is 0 Å². The van der Waals surface area contributed by atoms with Crippen LogP contribution in [0.25, 0.3) is 0 Å². The Morgan fingerprint density at radius 2 is 2.33 bits per heavy atom. The third-order valence-electron chi connectivity index (χ3n) is 3.33. The molecule has 1 saturated carbocycles. The molecule has 1 aromatic rings. The van der Waals surface area contributed by atoms with Gasteiger partial charge < -0.3 is 5.32 Å². The van der Waals surface area contributed by atoms with E-state index in [1.807, 2.05) is 13.0 Å². The second kappa shape index (κ2) is 5.83. The lowest BCUT2D eigenvalue weighted by atomic mass is 10.1. The van der Waals surface area contributed by atoms with Crippen LogP contribution in [0.15, 0.2) is 22.7 Å². The Morgan fingerprint density at radius 3 is 3.00 bits per heavy atom. The Morgan fingerprint density at radius 1 is 1.56 bits per heavy atom. The molecule has 0 heterocycles. The zero-order chi connectivity index (χ0) is 13.1. The molecule has 0 bridgehead atoms. The van der Waals surface area contributed by atoms with Crippen LogP contribution in [0.3, 0.4) is 0 Å². The van der Waals surface area contributed by atoms with Crippen LogP contribution in [0.1, 0.15) is 37.7 Å². The molecule has 4 heteroatoms. The number of benzene rings is 1. The topological polar surface area (TPSA) is 29.1 Å². The zero-order valence-corrected chi connectivity index (χ0v) is 12.0. The minimum absolute atomic E-state index is 0.116. The van der Waals surface area contributed by atoms with Gasteiger partial charge in [-0.3, -0.25) is 4.79 Å². The van der Waals surface area contributed by atoms with Crippen molar-refractivity contribution >= 4 is 21.8 Å². The third kappa shape index (κ3) is 3.31. The van der Waals surface area contributed by atoms with Crippen molar-refractivity contribution in [3.63, 3.8) is 0 Å². The highest BCUT2D eigenvalue weighted by Gasteiger charge is 2.38. The van der Waals surface area contributed by atoms with E-state index in [9.17, 15) is 9.18 Å². The van der Waals surface area contributed by atoms with Gasteiger partial charge in [-0.1, -0.05) is 13.0 Å². The fourth-order valence-corrected chi connectivity index (χ4v) is 2.43. The zero-order valence-electron chi connectivity index (χ0n) is 10.4. The summed E-state index contributed by atoms with van der Waals surface area (Å²) >= 11 is 3.15.